The second kappa shape index (κ2) is 8.23. The number of nitrogens with one attached hydrogen (secondary N) is 1. The van der Waals surface area contributed by atoms with Crippen molar-refractivity contribution in [1.82, 2.24) is 20.2 Å². The van der Waals surface area contributed by atoms with Crippen LogP contribution in [-0.4, -0.2) is 43.4 Å². The molecule has 0 fully saturated rings. The molecule has 0 saturated carbocycles. The summed E-state index contributed by atoms with van der Waals surface area (Å²) < 4.78 is 6.83. The SMILES string of the molecule is O=C(CSc1nnnn1Cc1ccco1)Nc1ccc2c(c1)C(=O)c1ccccc1C2=O. The number of tetrazole rings is 1. The quantitative estimate of drug-likeness (QED) is 0.396. The Bertz CT molecular complexity index is 1350. The molecular formula is C22H15N5O4S. The second-order valence-corrected chi connectivity index (χ2v) is 7.94. The van der Waals surface area contributed by atoms with Gasteiger partial charge < -0.3 is 9.73 Å². The molecule has 4 aromatic rings. The van der Waals surface area contributed by atoms with Crippen LogP contribution in [0.4, 0.5) is 5.69 Å². The van der Waals surface area contributed by atoms with Gasteiger partial charge >= 0.3 is 0 Å². The van der Waals surface area contributed by atoms with Gasteiger partial charge in [-0.2, -0.15) is 0 Å². The van der Waals surface area contributed by atoms with Crippen LogP contribution in [0.3, 0.4) is 0 Å². The summed E-state index contributed by atoms with van der Waals surface area (Å²) in [6.45, 7) is 0.354. The molecule has 0 saturated heterocycles. The van der Waals surface area contributed by atoms with E-state index in [-0.39, 0.29) is 28.8 Å². The van der Waals surface area contributed by atoms with Crippen LogP contribution in [0.1, 0.15) is 37.6 Å². The van der Waals surface area contributed by atoms with Gasteiger partial charge in [-0.15, -0.1) is 5.10 Å². The Morgan fingerprint density at radius 1 is 0.969 bits per heavy atom. The third-order valence-corrected chi connectivity index (χ3v) is 5.88. The number of benzene rings is 2. The van der Waals surface area contributed by atoms with E-state index in [1.54, 1.807) is 48.7 Å². The molecule has 0 radical (unpaired) electrons. The largest absolute Gasteiger partial charge is 0.467 e. The van der Waals surface area contributed by atoms with Crippen molar-refractivity contribution in [3.8, 4) is 0 Å². The van der Waals surface area contributed by atoms with Gasteiger partial charge in [-0.3, -0.25) is 14.4 Å². The molecule has 0 spiro atoms. The summed E-state index contributed by atoms with van der Waals surface area (Å²) in [5, 5.41) is 14.7. The molecule has 1 amide bonds. The molecule has 32 heavy (non-hydrogen) atoms. The lowest BCUT2D eigenvalue weighted by atomic mass is 9.84. The number of carbonyl (C=O) groups is 3. The van der Waals surface area contributed by atoms with Gasteiger partial charge in [0.15, 0.2) is 11.6 Å². The number of hydrogen-bond acceptors (Lipinski definition) is 8. The maximum atomic E-state index is 12.8. The molecule has 9 nitrogen and oxygen atoms in total. The van der Waals surface area contributed by atoms with Crippen LogP contribution in [0.5, 0.6) is 0 Å². The van der Waals surface area contributed by atoms with E-state index in [1.165, 1.54) is 22.5 Å². The van der Waals surface area contributed by atoms with Crippen molar-refractivity contribution >= 4 is 34.9 Å². The number of ketones is 2. The fourth-order valence-corrected chi connectivity index (χ4v) is 4.13. The van der Waals surface area contributed by atoms with Crippen molar-refractivity contribution in [2.24, 2.45) is 0 Å². The van der Waals surface area contributed by atoms with Gasteiger partial charge in [0.1, 0.15) is 12.3 Å². The van der Waals surface area contributed by atoms with Crippen LogP contribution < -0.4 is 5.32 Å². The molecule has 2 aromatic carbocycles. The lowest BCUT2D eigenvalue weighted by molar-refractivity contribution is -0.113. The highest BCUT2D eigenvalue weighted by atomic mass is 32.2. The molecule has 10 heteroatoms. The summed E-state index contributed by atoms with van der Waals surface area (Å²) in [7, 11) is 0. The van der Waals surface area contributed by atoms with E-state index in [0.717, 1.165) is 0 Å². The van der Waals surface area contributed by atoms with Gasteiger partial charge in [0.05, 0.1) is 12.0 Å². The third kappa shape index (κ3) is 3.71. The van der Waals surface area contributed by atoms with Crippen LogP contribution in [0.2, 0.25) is 0 Å². The Hall–Kier alpha value is -4.05. The standard InChI is InChI=1S/C22H15N5O4S/c28-19(12-32-22-24-25-26-27(22)11-14-4-3-9-31-14)23-13-7-8-17-18(10-13)21(30)16-6-2-1-5-15(16)20(17)29/h1-10H,11-12H2,(H,23,28). The lowest BCUT2D eigenvalue weighted by Gasteiger charge is -2.18. The minimum atomic E-state index is -0.294. The molecule has 0 bridgehead atoms. The minimum absolute atomic E-state index is 0.0608. The first kappa shape index (κ1) is 19.9. The monoisotopic (exact) mass is 445 g/mol. The summed E-state index contributed by atoms with van der Waals surface area (Å²) in [5.41, 5.74) is 1.81. The topological polar surface area (TPSA) is 120 Å². The number of hydrogen-bond donors (Lipinski definition) is 1. The number of nitrogens with zero attached hydrogens (tertiary/aromatic N) is 4. The molecule has 0 atom stereocenters. The van der Waals surface area contributed by atoms with Crippen LogP contribution in [0.25, 0.3) is 0 Å². The smallest absolute Gasteiger partial charge is 0.234 e. The molecule has 2 aromatic heterocycles. The van der Waals surface area contributed by atoms with Gasteiger partial charge in [-0.25, -0.2) is 4.68 Å². The highest BCUT2D eigenvalue weighted by Crippen LogP contribution is 2.29. The summed E-state index contributed by atoms with van der Waals surface area (Å²) in [4.78, 5) is 38.0. The van der Waals surface area contributed by atoms with Gasteiger partial charge in [0.2, 0.25) is 11.1 Å². The zero-order chi connectivity index (χ0) is 22.1. The number of fused-ring (bicyclic) bond motifs is 2. The van der Waals surface area contributed by atoms with Gasteiger partial charge in [-0.1, -0.05) is 36.0 Å². The first-order valence-corrected chi connectivity index (χ1v) is 10.6. The average molecular weight is 445 g/mol. The molecule has 0 unspecified atom stereocenters. The van der Waals surface area contributed by atoms with E-state index < -0.39 is 0 Å². The fraction of sp³-hybridized carbons (Fsp3) is 0.0909. The first-order chi connectivity index (χ1) is 15.6. The molecular weight excluding hydrogens is 430 g/mol. The fourth-order valence-electron chi connectivity index (χ4n) is 3.45. The zero-order valence-corrected chi connectivity index (χ0v) is 17.3. The first-order valence-electron chi connectivity index (χ1n) is 9.64. The van der Waals surface area contributed by atoms with E-state index in [9.17, 15) is 14.4 Å². The summed E-state index contributed by atoms with van der Waals surface area (Å²) in [6, 6.07) is 15.0. The van der Waals surface area contributed by atoms with Crippen molar-refractivity contribution in [1.29, 1.82) is 0 Å². The number of anilines is 1. The lowest BCUT2D eigenvalue weighted by Crippen LogP contribution is -2.21. The van der Waals surface area contributed by atoms with Crippen molar-refractivity contribution < 1.29 is 18.8 Å². The Balaban J connectivity index is 1.27. The maximum absolute atomic E-state index is 12.8. The summed E-state index contributed by atoms with van der Waals surface area (Å²) in [5.74, 6) is 0.0198. The maximum Gasteiger partial charge on any atom is 0.234 e. The van der Waals surface area contributed by atoms with E-state index >= 15 is 0 Å². The average Bonchev–Trinajstić information content (AvgIpc) is 3.48. The minimum Gasteiger partial charge on any atom is -0.467 e. The van der Waals surface area contributed by atoms with Crippen molar-refractivity contribution in [2.45, 2.75) is 11.7 Å². The van der Waals surface area contributed by atoms with Gasteiger partial charge in [-0.05, 0) is 40.8 Å². The van der Waals surface area contributed by atoms with Crippen LogP contribution in [0.15, 0.2) is 70.4 Å². The van der Waals surface area contributed by atoms with Crippen LogP contribution in [0, 0.1) is 0 Å². The molecule has 1 aliphatic carbocycles. The Morgan fingerprint density at radius 2 is 1.72 bits per heavy atom. The predicted molar refractivity (Wildman–Crippen MR) is 115 cm³/mol. The third-order valence-electron chi connectivity index (χ3n) is 4.93. The second-order valence-electron chi connectivity index (χ2n) is 7.00. The van der Waals surface area contributed by atoms with Crippen molar-refractivity contribution in [2.75, 3.05) is 11.1 Å². The highest BCUT2D eigenvalue weighted by Gasteiger charge is 2.29. The van der Waals surface area contributed by atoms with Crippen molar-refractivity contribution in [3.63, 3.8) is 0 Å². The van der Waals surface area contributed by atoms with E-state index in [0.29, 0.717) is 39.8 Å². The zero-order valence-electron chi connectivity index (χ0n) is 16.5. The Labute approximate surface area is 185 Å². The molecule has 1 aliphatic rings. The number of thioether (sulfide) groups is 1. The van der Waals surface area contributed by atoms with Crippen molar-refractivity contribution in [3.05, 3.63) is 88.9 Å². The number of furan rings is 1. The normalized spacial score (nSPS) is 12.4. The summed E-state index contributed by atoms with van der Waals surface area (Å²) >= 11 is 1.18. The molecule has 2 heterocycles. The van der Waals surface area contributed by atoms with Crippen LogP contribution >= 0.6 is 11.8 Å². The molecule has 5 rings (SSSR count). The number of carbonyl (C=O) groups excluding carboxylic acids is 3. The Morgan fingerprint density at radius 3 is 2.47 bits per heavy atom. The van der Waals surface area contributed by atoms with Gasteiger partial charge in [0.25, 0.3) is 0 Å². The number of aromatic nitrogens is 4. The number of rotatable bonds is 6. The van der Waals surface area contributed by atoms with E-state index in [1.807, 2.05) is 6.07 Å². The predicted octanol–water partition coefficient (Wildman–Crippen LogP) is 2.82. The summed E-state index contributed by atoms with van der Waals surface area (Å²) in [6.07, 6.45) is 1.56. The van der Waals surface area contributed by atoms with Crippen LogP contribution in [-0.2, 0) is 11.3 Å². The van der Waals surface area contributed by atoms with E-state index in [2.05, 4.69) is 20.8 Å². The molecule has 1 N–H and O–H groups in total. The molecule has 158 valence electrons. The Kier molecular flexibility index (Phi) is 5.12. The number of amides is 1. The highest BCUT2D eigenvalue weighted by molar-refractivity contribution is 7.99. The van der Waals surface area contributed by atoms with E-state index in [4.69, 9.17) is 4.42 Å². The van der Waals surface area contributed by atoms with Gasteiger partial charge in [0, 0.05) is 27.9 Å². The molecule has 0 aliphatic heterocycles.